The molecule has 7 heteroatoms. The second-order valence-corrected chi connectivity index (χ2v) is 7.56. The van der Waals surface area contributed by atoms with Gasteiger partial charge in [0.15, 0.2) is 0 Å². The first kappa shape index (κ1) is 19.0. The molecule has 0 unspecified atom stereocenters. The summed E-state index contributed by atoms with van der Waals surface area (Å²) in [6.45, 7) is 0.683. The fourth-order valence-corrected chi connectivity index (χ4v) is 3.93. The van der Waals surface area contributed by atoms with E-state index in [9.17, 15) is 13.6 Å². The monoisotopic (exact) mass is 409 g/mol. The van der Waals surface area contributed by atoms with Crippen molar-refractivity contribution in [1.82, 2.24) is 10.3 Å². The van der Waals surface area contributed by atoms with E-state index < -0.39 is 0 Å². The standard InChI is InChI=1S/C22H17F2N3OS/c23-16-5-1-3-14(9-16)12-26-20-11-18-19(29-20)7-8-25-21(18)22(28)27-13-15-4-2-6-17(24)10-15/h1-11,26H,12-13H2,(H,27,28). The first-order valence-corrected chi connectivity index (χ1v) is 9.79. The summed E-state index contributed by atoms with van der Waals surface area (Å²) in [6.07, 6.45) is 1.59. The van der Waals surface area contributed by atoms with Crippen molar-refractivity contribution < 1.29 is 13.6 Å². The number of hydrogen-bond acceptors (Lipinski definition) is 4. The molecule has 0 aliphatic rings. The molecule has 2 aromatic heterocycles. The normalized spacial score (nSPS) is 10.8. The van der Waals surface area contributed by atoms with Crippen LogP contribution in [-0.2, 0) is 13.1 Å². The Hall–Kier alpha value is -3.32. The molecule has 4 aromatic rings. The molecule has 0 aliphatic carbocycles. The molecule has 0 saturated heterocycles. The number of anilines is 1. The molecule has 0 atom stereocenters. The van der Waals surface area contributed by atoms with Crippen molar-refractivity contribution in [3.63, 3.8) is 0 Å². The lowest BCUT2D eigenvalue weighted by molar-refractivity contribution is 0.0947. The van der Waals surface area contributed by atoms with Gasteiger partial charge in [0.1, 0.15) is 17.3 Å². The van der Waals surface area contributed by atoms with Crippen molar-refractivity contribution in [3.05, 3.63) is 95.3 Å². The summed E-state index contributed by atoms with van der Waals surface area (Å²) in [5.41, 5.74) is 1.82. The molecule has 0 fully saturated rings. The van der Waals surface area contributed by atoms with Gasteiger partial charge in [-0.2, -0.15) is 0 Å². The number of fused-ring (bicyclic) bond motifs is 1. The van der Waals surface area contributed by atoms with Gasteiger partial charge in [-0.25, -0.2) is 8.78 Å². The SMILES string of the molecule is O=C(NCc1cccc(F)c1)c1nccc2sc(NCc3cccc(F)c3)cc12. The van der Waals surface area contributed by atoms with E-state index in [1.165, 1.54) is 35.6 Å². The number of nitrogens with one attached hydrogen (secondary N) is 2. The number of pyridine rings is 1. The number of thiophene rings is 1. The second kappa shape index (κ2) is 8.36. The molecule has 2 aromatic carbocycles. The fraction of sp³-hybridized carbons (Fsp3) is 0.0909. The van der Waals surface area contributed by atoms with Crippen LogP contribution < -0.4 is 10.6 Å². The molecule has 0 saturated carbocycles. The lowest BCUT2D eigenvalue weighted by atomic mass is 10.2. The van der Waals surface area contributed by atoms with Crippen LogP contribution in [0.1, 0.15) is 21.6 Å². The highest BCUT2D eigenvalue weighted by Gasteiger charge is 2.14. The van der Waals surface area contributed by atoms with Crippen molar-refractivity contribution >= 4 is 32.3 Å². The van der Waals surface area contributed by atoms with E-state index in [2.05, 4.69) is 15.6 Å². The molecule has 0 bridgehead atoms. The predicted molar refractivity (Wildman–Crippen MR) is 111 cm³/mol. The fourth-order valence-electron chi connectivity index (χ4n) is 2.98. The first-order chi connectivity index (χ1) is 14.1. The van der Waals surface area contributed by atoms with Gasteiger partial charge in [0.05, 0.1) is 5.00 Å². The zero-order chi connectivity index (χ0) is 20.2. The highest BCUT2D eigenvalue weighted by molar-refractivity contribution is 7.22. The summed E-state index contributed by atoms with van der Waals surface area (Å²) in [5, 5.41) is 7.63. The van der Waals surface area contributed by atoms with Crippen molar-refractivity contribution in [2.75, 3.05) is 5.32 Å². The summed E-state index contributed by atoms with van der Waals surface area (Å²) in [4.78, 5) is 16.8. The Morgan fingerprint density at radius 3 is 2.31 bits per heavy atom. The molecular formula is C22H17F2N3OS. The summed E-state index contributed by atoms with van der Waals surface area (Å²) in [7, 11) is 0. The Kier molecular flexibility index (Phi) is 5.48. The van der Waals surface area contributed by atoms with Crippen LogP contribution in [0.4, 0.5) is 13.8 Å². The highest BCUT2D eigenvalue weighted by Crippen LogP contribution is 2.31. The van der Waals surface area contributed by atoms with Gasteiger partial charge in [-0.1, -0.05) is 24.3 Å². The summed E-state index contributed by atoms with van der Waals surface area (Å²) in [6, 6.07) is 16.2. The maximum Gasteiger partial charge on any atom is 0.270 e. The summed E-state index contributed by atoms with van der Waals surface area (Å²) >= 11 is 1.49. The maximum atomic E-state index is 13.3. The molecule has 146 valence electrons. The van der Waals surface area contributed by atoms with Crippen LogP contribution >= 0.6 is 11.3 Å². The smallest absolute Gasteiger partial charge is 0.270 e. The minimum Gasteiger partial charge on any atom is -0.373 e. The minimum atomic E-state index is -0.344. The van der Waals surface area contributed by atoms with E-state index in [1.54, 1.807) is 24.4 Å². The van der Waals surface area contributed by atoms with Gasteiger partial charge < -0.3 is 10.6 Å². The molecule has 4 rings (SSSR count). The van der Waals surface area contributed by atoms with Gasteiger partial charge in [0, 0.05) is 29.4 Å². The Labute approximate surface area is 170 Å². The molecule has 2 N–H and O–H groups in total. The van der Waals surface area contributed by atoms with E-state index >= 15 is 0 Å². The van der Waals surface area contributed by atoms with Gasteiger partial charge in [0.25, 0.3) is 5.91 Å². The van der Waals surface area contributed by atoms with Crippen molar-refractivity contribution in [2.45, 2.75) is 13.1 Å². The number of carbonyl (C=O) groups excluding carboxylic acids is 1. The quantitative estimate of drug-likeness (QED) is 0.465. The number of benzene rings is 2. The van der Waals surface area contributed by atoms with Crippen LogP contribution in [-0.4, -0.2) is 10.9 Å². The lowest BCUT2D eigenvalue weighted by Crippen LogP contribution is -2.24. The van der Waals surface area contributed by atoms with E-state index in [1.807, 2.05) is 18.2 Å². The Bertz CT molecular complexity index is 1180. The number of rotatable bonds is 6. The van der Waals surface area contributed by atoms with E-state index in [-0.39, 0.29) is 24.1 Å². The van der Waals surface area contributed by atoms with Crippen molar-refractivity contribution in [1.29, 1.82) is 0 Å². The number of carbonyl (C=O) groups is 1. The molecule has 4 nitrogen and oxygen atoms in total. The number of aromatic nitrogens is 1. The summed E-state index contributed by atoms with van der Waals surface area (Å²) in [5.74, 6) is -0.944. The highest BCUT2D eigenvalue weighted by atomic mass is 32.1. The molecule has 0 aliphatic heterocycles. The van der Waals surface area contributed by atoms with Gasteiger partial charge in [-0.3, -0.25) is 9.78 Å². The average Bonchev–Trinajstić information content (AvgIpc) is 3.14. The van der Waals surface area contributed by atoms with Gasteiger partial charge in [-0.05, 0) is 47.5 Å². The van der Waals surface area contributed by atoms with Crippen LogP contribution in [0.15, 0.2) is 66.9 Å². The first-order valence-electron chi connectivity index (χ1n) is 8.98. The molecule has 2 heterocycles. The molecule has 0 radical (unpaired) electrons. The van der Waals surface area contributed by atoms with E-state index in [4.69, 9.17) is 0 Å². The lowest BCUT2D eigenvalue weighted by Gasteiger charge is -2.06. The average molecular weight is 409 g/mol. The zero-order valence-corrected chi connectivity index (χ0v) is 16.1. The van der Waals surface area contributed by atoms with Crippen LogP contribution in [0.3, 0.4) is 0 Å². The van der Waals surface area contributed by atoms with E-state index in [0.717, 1.165) is 20.7 Å². The van der Waals surface area contributed by atoms with Crippen molar-refractivity contribution in [2.24, 2.45) is 0 Å². The maximum absolute atomic E-state index is 13.3. The third-order valence-corrected chi connectivity index (χ3v) is 5.42. The number of amides is 1. The molecule has 0 spiro atoms. The van der Waals surface area contributed by atoms with Gasteiger partial charge in [0.2, 0.25) is 0 Å². The molecular weight excluding hydrogens is 392 g/mol. The van der Waals surface area contributed by atoms with Crippen LogP contribution in [0.25, 0.3) is 10.1 Å². The van der Waals surface area contributed by atoms with Crippen LogP contribution in [0.5, 0.6) is 0 Å². The Balaban J connectivity index is 1.49. The number of hydrogen-bond donors (Lipinski definition) is 2. The molecule has 1 amide bonds. The Morgan fingerprint density at radius 2 is 1.62 bits per heavy atom. The predicted octanol–water partition coefficient (Wildman–Crippen LogP) is 5.12. The zero-order valence-electron chi connectivity index (χ0n) is 15.3. The third kappa shape index (κ3) is 4.57. The van der Waals surface area contributed by atoms with E-state index in [0.29, 0.717) is 17.8 Å². The molecule has 29 heavy (non-hydrogen) atoms. The topological polar surface area (TPSA) is 54.0 Å². The number of nitrogens with zero attached hydrogens (tertiary/aromatic N) is 1. The van der Waals surface area contributed by atoms with Crippen molar-refractivity contribution in [3.8, 4) is 0 Å². The Morgan fingerprint density at radius 1 is 0.931 bits per heavy atom. The van der Waals surface area contributed by atoms with Crippen LogP contribution in [0, 0.1) is 11.6 Å². The van der Waals surface area contributed by atoms with Gasteiger partial charge >= 0.3 is 0 Å². The largest absolute Gasteiger partial charge is 0.373 e. The summed E-state index contributed by atoms with van der Waals surface area (Å²) < 4.78 is 27.5. The van der Waals surface area contributed by atoms with Crippen LogP contribution in [0.2, 0.25) is 0 Å². The van der Waals surface area contributed by atoms with Gasteiger partial charge in [-0.15, -0.1) is 11.3 Å². The number of halogens is 2. The minimum absolute atomic E-state index is 0.212. The third-order valence-electron chi connectivity index (χ3n) is 4.36. The second-order valence-electron chi connectivity index (χ2n) is 6.48.